The summed E-state index contributed by atoms with van der Waals surface area (Å²) in [4.78, 5) is 2.33. The fraction of sp³-hybridized carbons (Fsp3) is 0. The monoisotopic (exact) mass is 693 g/mol. The van der Waals surface area contributed by atoms with Gasteiger partial charge in [0.15, 0.2) is 0 Å². The van der Waals surface area contributed by atoms with E-state index < -0.39 is 0 Å². The Morgan fingerprint density at radius 1 is 0.370 bits per heavy atom. The maximum Gasteiger partial charge on any atom is 0.137 e. The lowest BCUT2D eigenvalue weighted by molar-refractivity contribution is 0.668. The zero-order valence-electron chi connectivity index (χ0n) is 29.1. The molecule has 0 saturated carbocycles. The SMILES string of the molecule is C(=C(/c1ccccc1)c1ccc2oc3cccc(N(c4ccc5c(c4)oc4ccccc45)c4cccc5oc6ccccc6c45)c3c2c1)/c1ccccc1. The largest absolute Gasteiger partial charge is 0.456 e. The molecular formula is C50H31NO3. The molecule has 0 radical (unpaired) electrons. The van der Waals surface area contributed by atoms with Crippen LogP contribution in [0.15, 0.2) is 195 Å². The van der Waals surface area contributed by atoms with Crippen LogP contribution in [-0.4, -0.2) is 0 Å². The van der Waals surface area contributed by atoms with E-state index in [1.54, 1.807) is 0 Å². The van der Waals surface area contributed by atoms with Crippen molar-refractivity contribution in [3.63, 3.8) is 0 Å². The second-order valence-corrected chi connectivity index (χ2v) is 13.7. The topological polar surface area (TPSA) is 42.7 Å². The van der Waals surface area contributed by atoms with Gasteiger partial charge in [-0.2, -0.15) is 0 Å². The lowest BCUT2D eigenvalue weighted by Gasteiger charge is -2.27. The third kappa shape index (κ3) is 4.85. The van der Waals surface area contributed by atoms with Crippen LogP contribution in [0.25, 0.3) is 77.5 Å². The van der Waals surface area contributed by atoms with E-state index in [0.717, 1.165) is 105 Å². The van der Waals surface area contributed by atoms with Crippen LogP contribution in [0.5, 0.6) is 0 Å². The fourth-order valence-corrected chi connectivity index (χ4v) is 8.03. The normalized spacial score (nSPS) is 12.2. The molecule has 8 aromatic carbocycles. The van der Waals surface area contributed by atoms with Crippen LogP contribution in [0.4, 0.5) is 17.1 Å². The first kappa shape index (κ1) is 30.3. The molecule has 0 aliphatic carbocycles. The molecule has 0 spiro atoms. The molecule has 0 fully saturated rings. The molecule has 4 heteroatoms. The van der Waals surface area contributed by atoms with Gasteiger partial charge in [-0.25, -0.2) is 0 Å². The summed E-state index contributed by atoms with van der Waals surface area (Å²) in [5, 5.41) is 6.34. The van der Waals surface area contributed by atoms with Crippen LogP contribution < -0.4 is 4.90 Å². The van der Waals surface area contributed by atoms with Gasteiger partial charge in [-0.05, 0) is 89.0 Å². The van der Waals surface area contributed by atoms with Gasteiger partial charge in [0.2, 0.25) is 0 Å². The van der Waals surface area contributed by atoms with Crippen molar-refractivity contribution < 1.29 is 13.3 Å². The Bertz CT molecular complexity index is 3220. The standard InChI is InChI=1S/C50H31NO3/c1-3-13-32(14-4-1)29-39(33-15-5-2-6-16-33)34-25-28-45-40(30-34)50-42(20-12-24-47(50)53-45)51(35-26-27-37-36-17-7-9-21-43(36)54-48(37)31-35)41-19-11-23-46-49(41)38-18-8-10-22-44(38)52-46/h1-31H/b39-29+. The first-order valence-electron chi connectivity index (χ1n) is 18.2. The Hall–Kier alpha value is -7.30. The molecule has 11 rings (SSSR count). The highest BCUT2D eigenvalue weighted by molar-refractivity contribution is 6.18. The first-order chi connectivity index (χ1) is 26.8. The van der Waals surface area contributed by atoms with Gasteiger partial charge in [0.1, 0.15) is 33.5 Å². The summed E-state index contributed by atoms with van der Waals surface area (Å²) in [5.41, 5.74) is 12.5. The molecule has 0 bridgehead atoms. The number of benzene rings is 8. The van der Waals surface area contributed by atoms with Crippen LogP contribution in [-0.2, 0) is 0 Å². The number of hydrogen-bond donors (Lipinski definition) is 0. The summed E-state index contributed by atoms with van der Waals surface area (Å²) >= 11 is 0. The number of rotatable bonds is 6. The van der Waals surface area contributed by atoms with Crippen molar-refractivity contribution in [3.8, 4) is 0 Å². The van der Waals surface area contributed by atoms with Crippen LogP contribution >= 0.6 is 0 Å². The number of para-hydroxylation sites is 2. The average molecular weight is 694 g/mol. The van der Waals surface area contributed by atoms with Crippen molar-refractivity contribution in [2.45, 2.75) is 0 Å². The van der Waals surface area contributed by atoms with Crippen molar-refractivity contribution in [2.75, 3.05) is 4.90 Å². The molecule has 0 amide bonds. The number of nitrogens with zero attached hydrogens (tertiary/aromatic N) is 1. The van der Waals surface area contributed by atoms with Crippen molar-refractivity contribution >= 4 is 94.5 Å². The maximum atomic E-state index is 6.64. The van der Waals surface area contributed by atoms with Crippen molar-refractivity contribution in [2.24, 2.45) is 0 Å². The highest BCUT2D eigenvalue weighted by atomic mass is 16.3. The number of furan rings is 3. The van der Waals surface area contributed by atoms with E-state index >= 15 is 0 Å². The Balaban J connectivity index is 1.19. The summed E-state index contributed by atoms with van der Waals surface area (Å²) < 4.78 is 19.5. The zero-order valence-corrected chi connectivity index (χ0v) is 29.1. The minimum Gasteiger partial charge on any atom is -0.456 e. The second kappa shape index (κ2) is 12.1. The highest BCUT2D eigenvalue weighted by Crippen LogP contribution is 2.48. The smallest absolute Gasteiger partial charge is 0.137 e. The van der Waals surface area contributed by atoms with Gasteiger partial charge < -0.3 is 18.2 Å². The third-order valence-electron chi connectivity index (χ3n) is 10.5. The molecule has 0 saturated heterocycles. The predicted molar refractivity (Wildman–Crippen MR) is 223 cm³/mol. The number of hydrogen-bond acceptors (Lipinski definition) is 4. The third-order valence-corrected chi connectivity index (χ3v) is 10.5. The first-order valence-corrected chi connectivity index (χ1v) is 18.2. The Morgan fingerprint density at radius 2 is 0.926 bits per heavy atom. The van der Waals surface area contributed by atoms with Crippen LogP contribution in [0.2, 0.25) is 0 Å². The van der Waals surface area contributed by atoms with Gasteiger partial charge in [0.25, 0.3) is 0 Å². The number of anilines is 3. The minimum absolute atomic E-state index is 0.812. The fourth-order valence-electron chi connectivity index (χ4n) is 8.03. The van der Waals surface area contributed by atoms with Crippen LogP contribution in [0, 0.1) is 0 Å². The van der Waals surface area contributed by atoms with Gasteiger partial charge in [0, 0.05) is 33.3 Å². The van der Waals surface area contributed by atoms with E-state index in [4.69, 9.17) is 13.3 Å². The molecule has 0 aliphatic heterocycles. The lowest BCUT2D eigenvalue weighted by Crippen LogP contribution is -2.10. The molecule has 11 aromatic rings. The van der Waals surface area contributed by atoms with Crippen molar-refractivity contribution in [1.82, 2.24) is 0 Å². The summed E-state index contributed by atoms with van der Waals surface area (Å²) in [6.45, 7) is 0. The van der Waals surface area contributed by atoms with Crippen molar-refractivity contribution in [1.29, 1.82) is 0 Å². The Kier molecular flexibility index (Phi) is 6.82. The van der Waals surface area contributed by atoms with Gasteiger partial charge in [-0.1, -0.05) is 115 Å². The van der Waals surface area contributed by atoms with Gasteiger partial charge >= 0.3 is 0 Å². The van der Waals surface area contributed by atoms with Crippen molar-refractivity contribution in [3.05, 3.63) is 199 Å². The average Bonchev–Trinajstić information content (AvgIpc) is 3.92. The molecule has 54 heavy (non-hydrogen) atoms. The summed E-state index contributed by atoms with van der Waals surface area (Å²) in [6, 6.07) is 63.2. The second-order valence-electron chi connectivity index (χ2n) is 13.7. The Labute approximate surface area is 310 Å². The predicted octanol–water partition coefficient (Wildman–Crippen LogP) is 14.4. The summed E-state index contributed by atoms with van der Waals surface area (Å²) in [5.74, 6) is 0. The molecular weight excluding hydrogens is 663 g/mol. The van der Waals surface area contributed by atoms with Gasteiger partial charge in [-0.15, -0.1) is 0 Å². The van der Waals surface area contributed by atoms with E-state index in [9.17, 15) is 0 Å². The Morgan fingerprint density at radius 3 is 1.67 bits per heavy atom. The summed E-state index contributed by atoms with van der Waals surface area (Å²) in [7, 11) is 0. The molecule has 3 aromatic heterocycles. The number of fused-ring (bicyclic) bond motifs is 9. The molecule has 3 heterocycles. The quantitative estimate of drug-likeness (QED) is 0.163. The zero-order chi connectivity index (χ0) is 35.6. The minimum atomic E-state index is 0.812. The summed E-state index contributed by atoms with van der Waals surface area (Å²) in [6.07, 6.45) is 2.26. The highest BCUT2D eigenvalue weighted by Gasteiger charge is 2.24. The molecule has 0 aliphatic rings. The van der Waals surface area contributed by atoms with Gasteiger partial charge in [-0.3, -0.25) is 0 Å². The van der Waals surface area contributed by atoms with Crippen LogP contribution in [0.3, 0.4) is 0 Å². The molecule has 0 atom stereocenters. The van der Waals surface area contributed by atoms with E-state index in [2.05, 4.69) is 163 Å². The van der Waals surface area contributed by atoms with E-state index in [0.29, 0.717) is 0 Å². The van der Waals surface area contributed by atoms with E-state index in [1.165, 1.54) is 0 Å². The van der Waals surface area contributed by atoms with Gasteiger partial charge in [0.05, 0.1) is 22.1 Å². The van der Waals surface area contributed by atoms with Crippen LogP contribution in [0.1, 0.15) is 16.7 Å². The molecule has 4 nitrogen and oxygen atoms in total. The lowest BCUT2D eigenvalue weighted by atomic mass is 9.94. The molecule has 0 N–H and O–H groups in total. The molecule has 0 unspecified atom stereocenters. The molecule has 254 valence electrons. The van der Waals surface area contributed by atoms with E-state index in [1.807, 2.05) is 30.3 Å². The maximum absolute atomic E-state index is 6.64. The van der Waals surface area contributed by atoms with E-state index in [-0.39, 0.29) is 0 Å².